The van der Waals surface area contributed by atoms with Gasteiger partial charge in [0.1, 0.15) is 11.5 Å². The van der Waals surface area contributed by atoms with Crippen molar-refractivity contribution < 1.29 is 4.52 Å². The van der Waals surface area contributed by atoms with Crippen molar-refractivity contribution in [2.75, 3.05) is 13.1 Å². The Morgan fingerprint density at radius 2 is 1.96 bits per heavy atom. The van der Waals surface area contributed by atoms with Crippen LogP contribution in [0, 0.1) is 12.8 Å². The minimum absolute atomic E-state index is 0.728. The number of likely N-dealkylation sites (tertiary alicyclic amines) is 1. The largest absolute Gasteiger partial charge is 0.359 e. The third kappa shape index (κ3) is 3.79. The SMILES string of the molecule is Cc1nccn1CC1CCN(Cc2cc(-c3ccncc3)no2)CC1. The summed E-state index contributed by atoms with van der Waals surface area (Å²) in [6.45, 7) is 6.18. The molecule has 1 fully saturated rings. The summed E-state index contributed by atoms with van der Waals surface area (Å²) in [5.41, 5.74) is 1.92. The van der Waals surface area contributed by atoms with Gasteiger partial charge in [0.15, 0.2) is 5.76 Å². The zero-order chi connectivity index (χ0) is 17.1. The molecule has 130 valence electrons. The van der Waals surface area contributed by atoms with E-state index in [0.29, 0.717) is 0 Å². The number of imidazole rings is 1. The second kappa shape index (κ2) is 7.19. The second-order valence-corrected chi connectivity index (χ2v) is 6.76. The van der Waals surface area contributed by atoms with Gasteiger partial charge >= 0.3 is 0 Å². The molecule has 0 unspecified atom stereocenters. The van der Waals surface area contributed by atoms with E-state index in [9.17, 15) is 0 Å². The van der Waals surface area contributed by atoms with E-state index >= 15 is 0 Å². The van der Waals surface area contributed by atoms with Crippen LogP contribution in [0.1, 0.15) is 24.4 Å². The molecule has 0 saturated carbocycles. The highest BCUT2D eigenvalue weighted by atomic mass is 16.5. The minimum atomic E-state index is 0.728. The molecule has 6 nitrogen and oxygen atoms in total. The molecule has 25 heavy (non-hydrogen) atoms. The highest BCUT2D eigenvalue weighted by Gasteiger charge is 2.21. The first kappa shape index (κ1) is 16.0. The molecule has 3 aromatic rings. The van der Waals surface area contributed by atoms with Gasteiger partial charge in [0.05, 0.1) is 6.54 Å². The zero-order valence-corrected chi connectivity index (χ0v) is 14.5. The van der Waals surface area contributed by atoms with E-state index in [1.165, 1.54) is 12.8 Å². The Labute approximate surface area is 147 Å². The van der Waals surface area contributed by atoms with Gasteiger partial charge in [-0.2, -0.15) is 0 Å². The second-order valence-electron chi connectivity index (χ2n) is 6.76. The number of rotatable bonds is 5. The number of nitrogens with zero attached hydrogens (tertiary/aromatic N) is 5. The van der Waals surface area contributed by atoms with Gasteiger partial charge in [-0.25, -0.2) is 4.98 Å². The lowest BCUT2D eigenvalue weighted by atomic mass is 9.96. The van der Waals surface area contributed by atoms with Crippen LogP contribution in [0.3, 0.4) is 0 Å². The summed E-state index contributed by atoms with van der Waals surface area (Å²) in [7, 11) is 0. The molecule has 1 aliphatic heterocycles. The summed E-state index contributed by atoms with van der Waals surface area (Å²) in [6.07, 6.45) is 9.93. The topological polar surface area (TPSA) is 60.0 Å². The molecule has 0 radical (unpaired) electrons. The Bertz CT molecular complexity index is 802. The lowest BCUT2D eigenvalue weighted by molar-refractivity contribution is 0.153. The van der Waals surface area contributed by atoms with E-state index in [1.54, 1.807) is 12.4 Å². The molecule has 0 aromatic carbocycles. The smallest absolute Gasteiger partial charge is 0.151 e. The van der Waals surface area contributed by atoms with Gasteiger partial charge in [0.25, 0.3) is 0 Å². The minimum Gasteiger partial charge on any atom is -0.359 e. The Balaban J connectivity index is 1.30. The molecule has 4 rings (SSSR count). The normalized spacial score (nSPS) is 16.4. The molecule has 0 amide bonds. The van der Waals surface area contributed by atoms with Crippen molar-refractivity contribution >= 4 is 0 Å². The van der Waals surface area contributed by atoms with Crippen molar-refractivity contribution in [2.45, 2.75) is 32.9 Å². The van der Waals surface area contributed by atoms with Crippen molar-refractivity contribution in [3.05, 3.63) is 54.6 Å². The van der Waals surface area contributed by atoms with Gasteiger partial charge in [0, 0.05) is 43.0 Å². The Morgan fingerprint density at radius 1 is 1.16 bits per heavy atom. The quantitative estimate of drug-likeness (QED) is 0.716. The molecule has 0 atom stereocenters. The van der Waals surface area contributed by atoms with Crippen LogP contribution in [-0.4, -0.2) is 37.7 Å². The van der Waals surface area contributed by atoms with E-state index in [0.717, 1.165) is 54.9 Å². The van der Waals surface area contributed by atoms with Crippen LogP contribution in [0.5, 0.6) is 0 Å². The first-order valence-electron chi connectivity index (χ1n) is 8.84. The van der Waals surface area contributed by atoms with Crippen molar-refractivity contribution in [2.24, 2.45) is 5.92 Å². The van der Waals surface area contributed by atoms with Crippen LogP contribution >= 0.6 is 0 Å². The summed E-state index contributed by atoms with van der Waals surface area (Å²) in [5.74, 6) is 2.76. The maximum absolute atomic E-state index is 5.53. The molecule has 0 spiro atoms. The van der Waals surface area contributed by atoms with E-state index in [-0.39, 0.29) is 0 Å². The van der Waals surface area contributed by atoms with Crippen LogP contribution in [0.2, 0.25) is 0 Å². The molecule has 1 aliphatic rings. The predicted octanol–water partition coefficient (Wildman–Crippen LogP) is 3.15. The highest BCUT2D eigenvalue weighted by Crippen LogP contribution is 2.23. The number of aromatic nitrogens is 4. The number of piperidine rings is 1. The summed E-state index contributed by atoms with van der Waals surface area (Å²) in [5, 5.41) is 4.19. The number of hydrogen-bond acceptors (Lipinski definition) is 5. The maximum atomic E-state index is 5.53. The monoisotopic (exact) mass is 337 g/mol. The predicted molar refractivity (Wildman–Crippen MR) is 94.7 cm³/mol. The van der Waals surface area contributed by atoms with Crippen LogP contribution < -0.4 is 0 Å². The lowest BCUT2D eigenvalue weighted by Crippen LogP contribution is -2.34. The molecule has 0 N–H and O–H groups in total. The summed E-state index contributed by atoms with van der Waals surface area (Å²) < 4.78 is 7.79. The zero-order valence-electron chi connectivity index (χ0n) is 14.5. The molecule has 0 aliphatic carbocycles. The van der Waals surface area contributed by atoms with Crippen LogP contribution in [0.4, 0.5) is 0 Å². The van der Waals surface area contributed by atoms with E-state index < -0.39 is 0 Å². The van der Waals surface area contributed by atoms with Gasteiger partial charge in [-0.3, -0.25) is 9.88 Å². The molecular formula is C19H23N5O. The molecular weight excluding hydrogens is 314 g/mol. The Kier molecular flexibility index (Phi) is 4.61. The van der Waals surface area contributed by atoms with Crippen molar-refractivity contribution in [1.82, 2.24) is 24.6 Å². The average molecular weight is 337 g/mol. The summed E-state index contributed by atoms with van der Waals surface area (Å²) in [6, 6.07) is 5.94. The van der Waals surface area contributed by atoms with E-state index in [1.807, 2.05) is 24.4 Å². The van der Waals surface area contributed by atoms with Gasteiger partial charge < -0.3 is 9.09 Å². The maximum Gasteiger partial charge on any atom is 0.151 e. The number of pyridine rings is 1. The molecule has 4 heterocycles. The third-order valence-electron chi connectivity index (χ3n) is 5.00. The van der Waals surface area contributed by atoms with Gasteiger partial charge in [-0.1, -0.05) is 5.16 Å². The highest BCUT2D eigenvalue weighted by molar-refractivity contribution is 5.57. The third-order valence-corrected chi connectivity index (χ3v) is 5.00. The number of aryl methyl sites for hydroxylation is 1. The lowest BCUT2D eigenvalue weighted by Gasteiger charge is -2.31. The van der Waals surface area contributed by atoms with Crippen LogP contribution in [0.15, 0.2) is 47.5 Å². The molecule has 1 saturated heterocycles. The fraction of sp³-hybridized carbons (Fsp3) is 0.421. The van der Waals surface area contributed by atoms with E-state index in [2.05, 4.69) is 37.7 Å². The first-order valence-corrected chi connectivity index (χ1v) is 8.84. The Morgan fingerprint density at radius 3 is 2.68 bits per heavy atom. The summed E-state index contributed by atoms with van der Waals surface area (Å²) in [4.78, 5) is 10.8. The van der Waals surface area contributed by atoms with Crippen molar-refractivity contribution in [3.63, 3.8) is 0 Å². The molecule has 6 heteroatoms. The molecule has 3 aromatic heterocycles. The van der Waals surface area contributed by atoms with Crippen molar-refractivity contribution in [1.29, 1.82) is 0 Å². The molecule has 0 bridgehead atoms. The Hall–Kier alpha value is -2.47. The van der Waals surface area contributed by atoms with Gasteiger partial charge in [-0.15, -0.1) is 0 Å². The summed E-state index contributed by atoms with van der Waals surface area (Å²) >= 11 is 0. The van der Waals surface area contributed by atoms with Crippen LogP contribution in [-0.2, 0) is 13.1 Å². The van der Waals surface area contributed by atoms with Crippen LogP contribution in [0.25, 0.3) is 11.3 Å². The van der Waals surface area contributed by atoms with E-state index in [4.69, 9.17) is 4.52 Å². The average Bonchev–Trinajstić information content (AvgIpc) is 3.27. The first-order chi connectivity index (χ1) is 12.3. The number of hydrogen-bond donors (Lipinski definition) is 0. The fourth-order valence-corrected chi connectivity index (χ4v) is 3.47. The fourth-order valence-electron chi connectivity index (χ4n) is 3.47. The standard InChI is InChI=1S/C19H23N5O/c1-15-21-8-11-24(15)13-16-4-9-23(10-5-16)14-18-12-19(22-25-18)17-2-6-20-7-3-17/h2-3,6-8,11-12,16H,4-5,9-10,13-14H2,1H3. The van der Waals surface area contributed by atoms with Gasteiger partial charge in [0.2, 0.25) is 0 Å². The van der Waals surface area contributed by atoms with Gasteiger partial charge in [-0.05, 0) is 50.9 Å². The van der Waals surface area contributed by atoms with Crippen molar-refractivity contribution in [3.8, 4) is 11.3 Å².